The lowest BCUT2D eigenvalue weighted by molar-refractivity contribution is 0.211. The number of aryl methyl sites for hydroxylation is 2. The predicted molar refractivity (Wildman–Crippen MR) is 63.0 cm³/mol. The van der Waals surface area contributed by atoms with Gasteiger partial charge in [-0.05, 0) is 12.5 Å². The van der Waals surface area contributed by atoms with Crippen LogP contribution in [-0.4, -0.2) is 14.9 Å². The third-order valence-electron chi connectivity index (χ3n) is 2.93. The van der Waals surface area contributed by atoms with Crippen LogP contribution in [-0.2, 0) is 13.5 Å². The Morgan fingerprint density at radius 2 is 1.89 bits per heavy atom. The highest BCUT2D eigenvalue weighted by atomic mass is 19.2. The Labute approximate surface area is 108 Å². The highest BCUT2D eigenvalue weighted by Gasteiger charge is 2.23. The first kappa shape index (κ1) is 13.6. The number of benzene rings is 1. The van der Waals surface area contributed by atoms with Crippen LogP contribution in [0.5, 0.6) is 0 Å². The highest BCUT2D eigenvalue weighted by Crippen LogP contribution is 2.28. The van der Waals surface area contributed by atoms with E-state index in [1.54, 1.807) is 7.05 Å². The molecule has 0 aliphatic heterocycles. The van der Waals surface area contributed by atoms with Gasteiger partial charge in [0.25, 0.3) is 0 Å². The van der Waals surface area contributed by atoms with Gasteiger partial charge >= 0.3 is 0 Å². The van der Waals surface area contributed by atoms with E-state index in [4.69, 9.17) is 0 Å². The first-order valence-corrected chi connectivity index (χ1v) is 5.79. The van der Waals surface area contributed by atoms with E-state index in [-0.39, 0.29) is 5.56 Å². The van der Waals surface area contributed by atoms with E-state index in [1.165, 1.54) is 10.9 Å². The maximum Gasteiger partial charge on any atom is 0.194 e. The SMILES string of the molecule is CCc1nn(C)cc1C(O)c1ccc(F)c(F)c1F. The Morgan fingerprint density at radius 1 is 1.21 bits per heavy atom. The molecule has 0 saturated heterocycles. The zero-order chi connectivity index (χ0) is 14.2. The molecule has 0 radical (unpaired) electrons. The lowest BCUT2D eigenvalue weighted by Crippen LogP contribution is -2.07. The molecular formula is C13H13F3N2O. The van der Waals surface area contributed by atoms with Gasteiger partial charge < -0.3 is 5.11 Å². The van der Waals surface area contributed by atoms with E-state index in [2.05, 4.69) is 5.10 Å². The zero-order valence-electron chi connectivity index (χ0n) is 10.5. The van der Waals surface area contributed by atoms with Crippen molar-refractivity contribution in [2.45, 2.75) is 19.4 Å². The Bertz CT molecular complexity index is 610. The molecule has 1 aromatic carbocycles. The first-order valence-electron chi connectivity index (χ1n) is 5.79. The summed E-state index contributed by atoms with van der Waals surface area (Å²) in [4.78, 5) is 0. The number of hydrogen-bond donors (Lipinski definition) is 1. The van der Waals surface area contributed by atoms with Crippen LogP contribution in [0.1, 0.15) is 29.8 Å². The molecule has 1 aromatic heterocycles. The monoisotopic (exact) mass is 270 g/mol. The summed E-state index contributed by atoms with van der Waals surface area (Å²) in [5.41, 5.74) is 0.663. The third kappa shape index (κ3) is 2.35. The predicted octanol–water partition coefficient (Wildman–Crippen LogP) is 2.48. The smallest absolute Gasteiger partial charge is 0.194 e. The molecule has 1 heterocycles. The van der Waals surface area contributed by atoms with Gasteiger partial charge in [0.1, 0.15) is 6.10 Å². The van der Waals surface area contributed by atoms with Crippen molar-refractivity contribution in [1.29, 1.82) is 0 Å². The van der Waals surface area contributed by atoms with E-state index in [9.17, 15) is 18.3 Å². The van der Waals surface area contributed by atoms with Crippen LogP contribution in [0, 0.1) is 17.5 Å². The fourth-order valence-corrected chi connectivity index (χ4v) is 1.98. The number of nitrogens with zero attached hydrogens (tertiary/aromatic N) is 2. The molecule has 2 aromatic rings. The third-order valence-corrected chi connectivity index (χ3v) is 2.93. The van der Waals surface area contributed by atoms with Crippen molar-refractivity contribution in [3.63, 3.8) is 0 Å². The summed E-state index contributed by atoms with van der Waals surface area (Å²) in [5, 5.41) is 14.2. The van der Waals surface area contributed by atoms with Crippen LogP contribution in [0.3, 0.4) is 0 Å². The fourth-order valence-electron chi connectivity index (χ4n) is 1.98. The van der Waals surface area contributed by atoms with Crippen molar-refractivity contribution >= 4 is 0 Å². The maximum atomic E-state index is 13.6. The number of rotatable bonds is 3. The minimum absolute atomic E-state index is 0.304. The van der Waals surface area contributed by atoms with Gasteiger partial charge in [-0.2, -0.15) is 5.10 Å². The lowest BCUT2D eigenvalue weighted by Gasteiger charge is -2.12. The molecule has 6 heteroatoms. The fraction of sp³-hybridized carbons (Fsp3) is 0.308. The van der Waals surface area contributed by atoms with Crippen LogP contribution in [0.4, 0.5) is 13.2 Å². The quantitative estimate of drug-likeness (QED) is 0.870. The second-order valence-corrected chi connectivity index (χ2v) is 4.23. The van der Waals surface area contributed by atoms with Crippen molar-refractivity contribution in [2.75, 3.05) is 0 Å². The van der Waals surface area contributed by atoms with E-state index >= 15 is 0 Å². The van der Waals surface area contributed by atoms with Crippen LogP contribution >= 0.6 is 0 Å². The van der Waals surface area contributed by atoms with Gasteiger partial charge in [-0.25, -0.2) is 13.2 Å². The van der Waals surface area contributed by atoms with Crippen molar-refractivity contribution in [3.05, 3.63) is 52.6 Å². The van der Waals surface area contributed by atoms with Crippen molar-refractivity contribution in [3.8, 4) is 0 Å². The molecule has 0 bridgehead atoms. The number of halogens is 3. The van der Waals surface area contributed by atoms with E-state index in [1.807, 2.05) is 6.92 Å². The van der Waals surface area contributed by atoms with Gasteiger partial charge in [0.05, 0.1) is 5.69 Å². The Balaban J connectivity index is 2.49. The second kappa shape index (κ2) is 5.05. The summed E-state index contributed by atoms with van der Waals surface area (Å²) in [6, 6.07) is 1.82. The van der Waals surface area contributed by atoms with Crippen LogP contribution < -0.4 is 0 Å². The van der Waals surface area contributed by atoms with Gasteiger partial charge in [0.2, 0.25) is 0 Å². The largest absolute Gasteiger partial charge is 0.383 e. The van der Waals surface area contributed by atoms with Crippen molar-refractivity contribution in [1.82, 2.24) is 9.78 Å². The molecule has 2 rings (SSSR count). The van der Waals surface area contributed by atoms with Gasteiger partial charge in [0.15, 0.2) is 17.5 Å². The highest BCUT2D eigenvalue weighted by molar-refractivity contribution is 5.33. The molecule has 0 amide bonds. The molecule has 0 saturated carbocycles. The number of aliphatic hydroxyl groups is 1. The average Bonchev–Trinajstić information content (AvgIpc) is 2.77. The molecule has 0 spiro atoms. The van der Waals surface area contributed by atoms with E-state index in [0.717, 1.165) is 12.1 Å². The molecule has 1 unspecified atom stereocenters. The lowest BCUT2D eigenvalue weighted by atomic mass is 10.0. The topological polar surface area (TPSA) is 38.0 Å². The summed E-state index contributed by atoms with van der Waals surface area (Å²) in [6.07, 6.45) is 0.696. The number of aliphatic hydroxyl groups excluding tert-OH is 1. The maximum absolute atomic E-state index is 13.6. The van der Waals surface area contributed by atoms with Crippen molar-refractivity contribution in [2.24, 2.45) is 7.05 Å². The number of aromatic nitrogens is 2. The minimum Gasteiger partial charge on any atom is -0.383 e. The second-order valence-electron chi connectivity index (χ2n) is 4.23. The molecule has 0 aliphatic carbocycles. The molecule has 1 N–H and O–H groups in total. The minimum atomic E-state index is -1.58. The molecule has 3 nitrogen and oxygen atoms in total. The Kier molecular flexibility index (Phi) is 3.61. The summed E-state index contributed by atoms with van der Waals surface area (Å²) >= 11 is 0. The summed E-state index contributed by atoms with van der Waals surface area (Å²) < 4.78 is 41.2. The van der Waals surface area contributed by atoms with E-state index < -0.39 is 23.6 Å². The van der Waals surface area contributed by atoms with Gasteiger partial charge in [-0.1, -0.05) is 13.0 Å². The number of hydrogen-bond acceptors (Lipinski definition) is 2. The van der Waals surface area contributed by atoms with Crippen LogP contribution in [0.2, 0.25) is 0 Å². The summed E-state index contributed by atoms with van der Waals surface area (Å²) in [7, 11) is 1.66. The molecule has 102 valence electrons. The van der Waals surface area contributed by atoms with Crippen LogP contribution in [0.15, 0.2) is 18.3 Å². The molecule has 0 aliphatic rings. The Morgan fingerprint density at radius 3 is 2.53 bits per heavy atom. The van der Waals surface area contributed by atoms with Gasteiger partial charge in [0, 0.05) is 24.4 Å². The first-order chi connectivity index (χ1) is 8.95. The van der Waals surface area contributed by atoms with Crippen LogP contribution in [0.25, 0.3) is 0 Å². The molecule has 1 atom stereocenters. The van der Waals surface area contributed by atoms with Crippen molar-refractivity contribution < 1.29 is 18.3 Å². The molecule has 0 fully saturated rings. The zero-order valence-corrected chi connectivity index (χ0v) is 10.5. The average molecular weight is 270 g/mol. The molecule has 19 heavy (non-hydrogen) atoms. The van der Waals surface area contributed by atoms with Gasteiger partial charge in [-0.3, -0.25) is 4.68 Å². The standard InChI is InChI=1S/C13H13F3N2O/c1-3-10-8(6-18(2)17-10)13(19)7-4-5-9(14)12(16)11(7)15/h4-6,13,19H,3H2,1-2H3. The normalized spacial score (nSPS) is 12.7. The summed E-state index contributed by atoms with van der Waals surface area (Å²) in [5.74, 6) is -4.24. The van der Waals surface area contributed by atoms with E-state index in [0.29, 0.717) is 17.7 Å². The van der Waals surface area contributed by atoms with Gasteiger partial charge in [-0.15, -0.1) is 0 Å². The molecular weight excluding hydrogens is 257 g/mol. The summed E-state index contributed by atoms with van der Waals surface area (Å²) in [6.45, 7) is 1.83. The Hall–Kier alpha value is -1.82.